The Hall–Kier alpha value is -4.38. The molecule has 1 aliphatic carbocycles. The van der Waals surface area contributed by atoms with Crippen molar-refractivity contribution in [3.05, 3.63) is 74.8 Å². The number of aromatic nitrogens is 4. The number of piperazine rings is 1. The normalized spacial score (nSPS) is 16.1. The number of fused-ring (bicyclic) bond motifs is 1. The number of pyridine rings is 2. The summed E-state index contributed by atoms with van der Waals surface area (Å²) in [4.78, 5) is 41.2. The summed E-state index contributed by atoms with van der Waals surface area (Å²) in [5, 5.41) is 18.7. The van der Waals surface area contributed by atoms with Crippen molar-refractivity contribution >= 4 is 34.2 Å². The minimum absolute atomic E-state index is 0.0113. The Morgan fingerprint density at radius 2 is 1.87 bits per heavy atom. The number of aryl methyl sites for hydroxylation is 1. The molecule has 2 N–H and O–H groups in total. The lowest BCUT2D eigenvalue weighted by atomic mass is 9.99. The van der Waals surface area contributed by atoms with Crippen LogP contribution in [0, 0.1) is 17.0 Å². The first-order valence-electron chi connectivity index (χ1n) is 13.3. The molecule has 0 radical (unpaired) electrons. The van der Waals surface area contributed by atoms with Crippen LogP contribution in [0.2, 0.25) is 0 Å². The molecule has 2 fully saturated rings. The number of rotatable bonds is 6. The molecule has 4 aromatic rings. The summed E-state index contributed by atoms with van der Waals surface area (Å²) in [7, 11) is 0. The second-order valence-corrected chi connectivity index (χ2v) is 10.1. The third-order valence-corrected chi connectivity index (χ3v) is 7.71. The van der Waals surface area contributed by atoms with Gasteiger partial charge in [0.1, 0.15) is 11.5 Å². The number of nitrogens with one attached hydrogen (secondary N) is 2. The molecule has 0 spiro atoms. The predicted molar refractivity (Wildman–Crippen MR) is 151 cm³/mol. The minimum Gasteiger partial charge on any atom is -0.368 e. The van der Waals surface area contributed by atoms with E-state index in [2.05, 4.69) is 25.5 Å². The van der Waals surface area contributed by atoms with Crippen LogP contribution < -0.4 is 21.1 Å². The van der Waals surface area contributed by atoms with Gasteiger partial charge in [-0.05, 0) is 43.0 Å². The zero-order chi connectivity index (χ0) is 26.9. The Labute approximate surface area is 225 Å². The maximum Gasteiger partial charge on any atom is 0.270 e. The molecule has 1 aliphatic heterocycles. The van der Waals surface area contributed by atoms with Gasteiger partial charge < -0.3 is 15.5 Å². The largest absolute Gasteiger partial charge is 0.368 e. The Morgan fingerprint density at radius 3 is 2.59 bits per heavy atom. The minimum atomic E-state index is -0.444. The highest BCUT2D eigenvalue weighted by atomic mass is 16.6. The molecule has 1 saturated carbocycles. The maximum atomic E-state index is 14.0. The van der Waals surface area contributed by atoms with Crippen molar-refractivity contribution in [1.29, 1.82) is 0 Å². The van der Waals surface area contributed by atoms with Gasteiger partial charge in [0.15, 0.2) is 0 Å². The van der Waals surface area contributed by atoms with Crippen LogP contribution in [0.3, 0.4) is 0 Å². The molecule has 0 bridgehead atoms. The second-order valence-electron chi connectivity index (χ2n) is 10.1. The Bertz CT molecular complexity index is 1590. The number of nitrogens with zero attached hydrogens (tertiary/aromatic N) is 6. The van der Waals surface area contributed by atoms with Crippen molar-refractivity contribution in [1.82, 2.24) is 24.8 Å². The van der Waals surface area contributed by atoms with Crippen LogP contribution >= 0.6 is 0 Å². The average molecular weight is 527 g/mol. The van der Waals surface area contributed by atoms with E-state index >= 15 is 0 Å². The molecule has 11 nitrogen and oxygen atoms in total. The quantitative estimate of drug-likeness (QED) is 0.278. The van der Waals surface area contributed by atoms with Gasteiger partial charge in [-0.1, -0.05) is 25.0 Å². The summed E-state index contributed by atoms with van der Waals surface area (Å²) >= 11 is 0. The van der Waals surface area contributed by atoms with E-state index in [1.807, 2.05) is 25.3 Å². The number of benzene rings is 1. The molecule has 39 heavy (non-hydrogen) atoms. The van der Waals surface area contributed by atoms with Crippen molar-refractivity contribution in [2.24, 2.45) is 0 Å². The molecule has 6 rings (SSSR count). The van der Waals surface area contributed by atoms with Crippen LogP contribution in [0.4, 0.5) is 23.1 Å². The van der Waals surface area contributed by atoms with E-state index in [1.54, 1.807) is 22.9 Å². The molecule has 0 amide bonds. The van der Waals surface area contributed by atoms with Gasteiger partial charge in [-0.3, -0.25) is 19.5 Å². The lowest BCUT2D eigenvalue weighted by Gasteiger charge is -2.29. The van der Waals surface area contributed by atoms with Gasteiger partial charge >= 0.3 is 0 Å². The van der Waals surface area contributed by atoms with Crippen molar-refractivity contribution in [2.75, 3.05) is 36.4 Å². The van der Waals surface area contributed by atoms with E-state index in [9.17, 15) is 14.9 Å². The third-order valence-electron chi connectivity index (χ3n) is 7.71. The third kappa shape index (κ3) is 4.81. The van der Waals surface area contributed by atoms with Gasteiger partial charge in [0.25, 0.3) is 11.2 Å². The summed E-state index contributed by atoms with van der Waals surface area (Å²) in [6, 6.07) is 10.2. The smallest absolute Gasteiger partial charge is 0.270 e. The topological polar surface area (TPSA) is 131 Å². The second kappa shape index (κ2) is 10.4. The van der Waals surface area contributed by atoms with Gasteiger partial charge in [-0.15, -0.1) is 0 Å². The van der Waals surface area contributed by atoms with Crippen LogP contribution in [0.15, 0.2) is 53.6 Å². The first kappa shape index (κ1) is 24.9. The summed E-state index contributed by atoms with van der Waals surface area (Å²) in [5.74, 6) is 0.978. The van der Waals surface area contributed by atoms with E-state index in [-0.39, 0.29) is 17.3 Å². The Balaban J connectivity index is 1.41. The van der Waals surface area contributed by atoms with E-state index in [1.165, 1.54) is 12.1 Å². The number of non-ortho nitro benzene ring substituents is 1. The maximum absolute atomic E-state index is 14.0. The number of anilines is 3. The van der Waals surface area contributed by atoms with Gasteiger partial charge in [-0.25, -0.2) is 9.97 Å². The lowest BCUT2D eigenvalue weighted by Crippen LogP contribution is -2.43. The van der Waals surface area contributed by atoms with E-state index < -0.39 is 4.92 Å². The number of nitro benzene ring substituents is 1. The molecule has 1 aromatic carbocycles. The number of nitro groups is 1. The molecule has 0 atom stereocenters. The van der Waals surface area contributed by atoms with Crippen molar-refractivity contribution < 1.29 is 4.92 Å². The lowest BCUT2D eigenvalue weighted by molar-refractivity contribution is -0.384. The van der Waals surface area contributed by atoms with Gasteiger partial charge in [0.05, 0.1) is 22.4 Å². The number of hydrogen-bond acceptors (Lipinski definition) is 9. The highest BCUT2D eigenvalue weighted by Gasteiger charge is 2.25. The first-order chi connectivity index (χ1) is 19.0. The van der Waals surface area contributed by atoms with E-state index in [4.69, 9.17) is 4.98 Å². The first-order valence-corrected chi connectivity index (χ1v) is 13.3. The van der Waals surface area contributed by atoms with E-state index in [0.717, 1.165) is 62.9 Å². The van der Waals surface area contributed by atoms with Gasteiger partial charge in [-0.2, -0.15) is 4.98 Å². The highest BCUT2D eigenvalue weighted by molar-refractivity contribution is 5.87. The monoisotopic (exact) mass is 526 g/mol. The highest BCUT2D eigenvalue weighted by Crippen LogP contribution is 2.34. The summed E-state index contributed by atoms with van der Waals surface area (Å²) in [5.41, 5.74) is 3.08. The number of hydrogen-bond donors (Lipinski definition) is 2. The standard InChI is InChI=1S/C28H30N8O3/c1-18-23-17-31-28(32-24-10-9-22(16-30-24)34-13-11-29-12-14-34)33-26(23)35(20-6-2-3-7-20)27(37)25(18)19-5-4-8-21(15-19)36(38)39/h4-5,8-10,15-17,20,29H,2-3,6-7,11-14H2,1H3,(H,30,31,32,33). The molecule has 3 aromatic heterocycles. The van der Waals surface area contributed by atoms with Crippen molar-refractivity contribution in [3.63, 3.8) is 0 Å². The fourth-order valence-corrected chi connectivity index (χ4v) is 5.69. The SMILES string of the molecule is Cc1c(-c2cccc([N+](=O)[O-])c2)c(=O)n(C2CCCC2)c2nc(Nc3ccc(N4CCNCC4)cn3)ncc12. The van der Waals surface area contributed by atoms with Crippen LogP contribution in [0.5, 0.6) is 0 Å². The van der Waals surface area contributed by atoms with Crippen LogP contribution in [-0.4, -0.2) is 50.6 Å². The Kier molecular flexibility index (Phi) is 6.65. The molecular weight excluding hydrogens is 496 g/mol. The van der Waals surface area contributed by atoms with E-state index in [0.29, 0.717) is 34.1 Å². The van der Waals surface area contributed by atoms with Crippen molar-refractivity contribution in [3.8, 4) is 11.1 Å². The van der Waals surface area contributed by atoms with Crippen LogP contribution in [-0.2, 0) is 0 Å². The molecular formula is C28H30N8O3. The molecule has 2 aliphatic rings. The molecule has 11 heteroatoms. The Morgan fingerprint density at radius 1 is 1.08 bits per heavy atom. The van der Waals surface area contributed by atoms with Gasteiger partial charge in [0, 0.05) is 55.9 Å². The van der Waals surface area contributed by atoms with Crippen LogP contribution in [0.1, 0.15) is 37.3 Å². The molecule has 200 valence electrons. The molecule has 0 unspecified atom stereocenters. The molecule has 1 saturated heterocycles. The summed E-state index contributed by atoms with van der Waals surface area (Å²) in [6.07, 6.45) is 7.41. The zero-order valence-corrected chi connectivity index (χ0v) is 21.8. The molecule has 4 heterocycles. The fourth-order valence-electron chi connectivity index (χ4n) is 5.69. The summed E-state index contributed by atoms with van der Waals surface area (Å²) in [6.45, 7) is 5.65. The predicted octanol–water partition coefficient (Wildman–Crippen LogP) is 4.34. The summed E-state index contributed by atoms with van der Waals surface area (Å²) < 4.78 is 1.78. The van der Waals surface area contributed by atoms with Crippen molar-refractivity contribution in [2.45, 2.75) is 38.6 Å². The fraction of sp³-hybridized carbons (Fsp3) is 0.357. The van der Waals surface area contributed by atoms with Gasteiger partial charge in [0.2, 0.25) is 5.95 Å². The average Bonchev–Trinajstić information content (AvgIpc) is 3.49. The zero-order valence-electron chi connectivity index (χ0n) is 21.8. The van der Waals surface area contributed by atoms with Crippen LogP contribution in [0.25, 0.3) is 22.2 Å².